The third-order valence-corrected chi connectivity index (χ3v) is 7.69. The number of nitrogens with one attached hydrogen (secondary N) is 1. The summed E-state index contributed by atoms with van der Waals surface area (Å²) in [4.78, 5) is 12.7. The maximum atomic E-state index is 12.9. The van der Waals surface area contributed by atoms with Crippen LogP contribution in [0.4, 0.5) is 0 Å². The van der Waals surface area contributed by atoms with Gasteiger partial charge >= 0.3 is 0 Å². The van der Waals surface area contributed by atoms with E-state index in [9.17, 15) is 13.2 Å². The second-order valence-electron chi connectivity index (χ2n) is 7.65. The first-order chi connectivity index (χ1) is 12.9. The van der Waals surface area contributed by atoms with Crippen LogP contribution in [0, 0.1) is 0 Å². The fraction of sp³-hybridized carbons (Fsp3) is 0.650. The molecule has 1 aliphatic carbocycles. The van der Waals surface area contributed by atoms with Crippen molar-refractivity contribution in [1.82, 2.24) is 9.62 Å². The summed E-state index contributed by atoms with van der Waals surface area (Å²) in [6.45, 7) is 2.68. The molecule has 150 valence electrons. The Morgan fingerprint density at radius 2 is 1.78 bits per heavy atom. The summed E-state index contributed by atoms with van der Waals surface area (Å²) in [5, 5.41) is 2.95. The summed E-state index contributed by atoms with van der Waals surface area (Å²) >= 11 is 0. The van der Waals surface area contributed by atoms with E-state index in [4.69, 9.17) is 4.74 Å². The molecule has 1 amide bonds. The first kappa shape index (κ1) is 20.3. The highest BCUT2D eigenvalue weighted by Gasteiger charge is 2.29. The van der Waals surface area contributed by atoms with E-state index in [0.717, 1.165) is 45.1 Å². The number of sulfonamides is 1. The number of carbonyl (C=O) groups excluding carboxylic acids is 1. The number of benzene rings is 1. The Kier molecular flexibility index (Phi) is 6.55. The Balaban J connectivity index is 1.65. The van der Waals surface area contributed by atoms with Gasteiger partial charge in [0.05, 0.1) is 17.0 Å². The molecule has 2 aliphatic rings. The summed E-state index contributed by atoms with van der Waals surface area (Å²) in [6.07, 6.45) is 7.18. The number of rotatable bonds is 6. The Morgan fingerprint density at radius 1 is 1.11 bits per heavy atom. The summed E-state index contributed by atoms with van der Waals surface area (Å²) in [5.41, 5.74) is 0.458. The minimum Gasteiger partial charge on any atom is -0.376 e. The molecule has 1 saturated heterocycles. The lowest BCUT2D eigenvalue weighted by Crippen LogP contribution is -2.40. The van der Waals surface area contributed by atoms with Gasteiger partial charge in [0.1, 0.15) is 0 Å². The standard InChI is InChI=1S/C20H30N2O4S/c1-15(19-9-6-14-26-19)21-20(23)16-10-12-18(13-11-16)27(24,25)22(2)17-7-4-3-5-8-17/h10-13,15,17,19H,3-9,14H2,1-2H3,(H,21,23)/t15-,19+/m1/s1. The van der Waals surface area contributed by atoms with Gasteiger partial charge in [-0.05, 0) is 56.9 Å². The second kappa shape index (κ2) is 8.71. The zero-order valence-corrected chi connectivity index (χ0v) is 17.0. The van der Waals surface area contributed by atoms with E-state index < -0.39 is 10.0 Å². The zero-order chi connectivity index (χ0) is 19.4. The molecule has 3 rings (SSSR count). The molecule has 2 atom stereocenters. The number of carbonyl (C=O) groups is 1. The molecule has 0 spiro atoms. The molecule has 2 fully saturated rings. The van der Waals surface area contributed by atoms with Gasteiger partial charge in [-0.15, -0.1) is 0 Å². The van der Waals surface area contributed by atoms with Crippen molar-refractivity contribution in [1.29, 1.82) is 0 Å². The van der Waals surface area contributed by atoms with Crippen molar-refractivity contribution in [3.63, 3.8) is 0 Å². The molecule has 0 radical (unpaired) electrons. The van der Waals surface area contributed by atoms with Gasteiger partial charge in [-0.25, -0.2) is 8.42 Å². The monoisotopic (exact) mass is 394 g/mol. The molecule has 1 heterocycles. The van der Waals surface area contributed by atoms with Crippen molar-refractivity contribution in [2.75, 3.05) is 13.7 Å². The molecule has 1 aliphatic heterocycles. The van der Waals surface area contributed by atoms with Crippen LogP contribution in [0.2, 0.25) is 0 Å². The van der Waals surface area contributed by atoms with Crippen LogP contribution in [0.25, 0.3) is 0 Å². The van der Waals surface area contributed by atoms with E-state index >= 15 is 0 Å². The van der Waals surface area contributed by atoms with E-state index in [0.29, 0.717) is 5.56 Å². The molecular formula is C20H30N2O4S. The van der Waals surface area contributed by atoms with E-state index in [2.05, 4.69) is 5.32 Å². The molecule has 1 aromatic rings. The minimum atomic E-state index is -3.54. The van der Waals surface area contributed by atoms with Crippen molar-refractivity contribution in [3.05, 3.63) is 29.8 Å². The van der Waals surface area contributed by atoms with Gasteiger partial charge in [-0.3, -0.25) is 4.79 Å². The van der Waals surface area contributed by atoms with Gasteiger partial charge in [0.15, 0.2) is 0 Å². The molecule has 6 nitrogen and oxygen atoms in total. The minimum absolute atomic E-state index is 0.0535. The molecule has 0 aromatic heterocycles. The zero-order valence-electron chi connectivity index (χ0n) is 16.2. The maximum absolute atomic E-state index is 12.9. The quantitative estimate of drug-likeness (QED) is 0.805. The van der Waals surface area contributed by atoms with Gasteiger partial charge in [-0.1, -0.05) is 19.3 Å². The Hall–Kier alpha value is -1.44. The van der Waals surface area contributed by atoms with E-state index in [1.54, 1.807) is 19.2 Å². The van der Waals surface area contributed by atoms with Crippen LogP contribution in [0.5, 0.6) is 0 Å². The Labute approximate surface area is 162 Å². The van der Waals surface area contributed by atoms with Gasteiger partial charge in [0, 0.05) is 25.3 Å². The lowest BCUT2D eigenvalue weighted by atomic mass is 9.96. The normalized spacial score (nSPS) is 22.7. The van der Waals surface area contributed by atoms with E-state index in [1.165, 1.54) is 22.9 Å². The average molecular weight is 395 g/mol. The summed E-state index contributed by atoms with van der Waals surface area (Å²) in [7, 11) is -1.87. The molecule has 0 unspecified atom stereocenters. The van der Waals surface area contributed by atoms with Crippen LogP contribution in [-0.4, -0.2) is 50.5 Å². The largest absolute Gasteiger partial charge is 0.376 e. The first-order valence-corrected chi connectivity index (χ1v) is 11.3. The number of amides is 1. The number of ether oxygens (including phenoxy) is 1. The van der Waals surface area contributed by atoms with Crippen LogP contribution in [0.15, 0.2) is 29.2 Å². The average Bonchev–Trinajstić information content (AvgIpc) is 3.23. The number of hydrogen-bond donors (Lipinski definition) is 1. The number of hydrogen-bond acceptors (Lipinski definition) is 4. The maximum Gasteiger partial charge on any atom is 0.251 e. The summed E-state index contributed by atoms with van der Waals surface area (Å²) in [6, 6.07) is 6.22. The van der Waals surface area contributed by atoms with Crippen LogP contribution >= 0.6 is 0 Å². The SMILES string of the molecule is C[C@@H](NC(=O)c1ccc(S(=O)(=O)N(C)C2CCCCC2)cc1)[C@@H]1CCCO1. The second-order valence-corrected chi connectivity index (χ2v) is 9.65. The fourth-order valence-electron chi connectivity index (χ4n) is 3.97. The van der Waals surface area contributed by atoms with Crippen molar-refractivity contribution in [3.8, 4) is 0 Å². The predicted molar refractivity (Wildman–Crippen MR) is 104 cm³/mol. The van der Waals surface area contributed by atoms with Crippen molar-refractivity contribution in [2.24, 2.45) is 0 Å². The fourth-order valence-corrected chi connectivity index (χ4v) is 5.38. The molecule has 0 bridgehead atoms. The van der Waals surface area contributed by atoms with Crippen molar-refractivity contribution >= 4 is 15.9 Å². The first-order valence-electron chi connectivity index (χ1n) is 9.90. The van der Waals surface area contributed by atoms with Crippen LogP contribution < -0.4 is 5.32 Å². The van der Waals surface area contributed by atoms with Gasteiger partial charge in [0.2, 0.25) is 10.0 Å². The van der Waals surface area contributed by atoms with E-state index in [1.807, 2.05) is 6.92 Å². The third kappa shape index (κ3) is 4.70. The molecule has 27 heavy (non-hydrogen) atoms. The van der Waals surface area contributed by atoms with Gasteiger partial charge < -0.3 is 10.1 Å². The van der Waals surface area contributed by atoms with Crippen LogP contribution in [0.1, 0.15) is 62.2 Å². The highest BCUT2D eigenvalue weighted by Crippen LogP contribution is 2.26. The summed E-state index contributed by atoms with van der Waals surface area (Å²) in [5.74, 6) is -0.206. The predicted octanol–water partition coefficient (Wildman–Crippen LogP) is 2.94. The topological polar surface area (TPSA) is 75.7 Å². The lowest BCUT2D eigenvalue weighted by molar-refractivity contribution is 0.0712. The smallest absolute Gasteiger partial charge is 0.251 e. The Morgan fingerprint density at radius 3 is 2.37 bits per heavy atom. The molecular weight excluding hydrogens is 364 g/mol. The summed E-state index contributed by atoms with van der Waals surface area (Å²) < 4.78 is 32.8. The van der Waals surface area contributed by atoms with Crippen molar-refractivity contribution in [2.45, 2.75) is 75.0 Å². The van der Waals surface area contributed by atoms with Crippen LogP contribution in [-0.2, 0) is 14.8 Å². The van der Waals surface area contributed by atoms with Gasteiger partial charge in [-0.2, -0.15) is 4.31 Å². The molecule has 7 heteroatoms. The third-order valence-electron chi connectivity index (χ3n) is 5.76. The van der Waals surface area contributed by atoms with Gasteiger partial charge in [0.25, 0.3) is 5.91 Å². The van der Waals surface area contributed by atoms with E-state index in [-0.39, 0.29) is 29.0 Å². The Bertz CT molecular complexity index is 736. The molecule has 1 aromatic carbocycles. The number of nitrogens with zero attached hydrogens (tertiary/aromatic N) is 1. The van der Waals surface area contributed by atoms with Crippen molar-refractivity contribution < 1.29 is 17.9 Å². The van der Waals surface area contributed by atoms with Crippen LogP contribution in [0.3, 0.4) is 0 Å². The highest BCUT2D eigenvalue weighted by atomic mass is 32.2. The lowest BCUT2D eigenvalue weighted by Gasteiger charge is -2.30. The molecule has 1 saturated carbocycles. The highest BCUT2D eigenvalue weighted by molar-refractivity contribution is 7.89. The molecule has 1 N–H and O–H groups in total.